The summed E-state index contributed by atoms with van der Waals surface area (Å²) in [5.41, 5.74) is 0.826. The van der Waals surface area contributed by atoms with Gasteiger partial charge in [-0.05, 0) is 31.5 Å². The van der Waals surface area contributed by atoms with Crippen LogP contribution in [0.25, 0.3) is 0 Å². The van der Waals surface area contributed by atoms with Crippen molar-refractivity contribution in [2.24, 2.45) is 0 Å². The first-order chi connectivity index (χ1) is 9.09. The predicted octanol–water partition coefficient (Wildman–Crippen LogP) is 4.97. The van der Waals surface area contributed by atoms with Crippen LogP contribution < -0.4 is 5.32 Å². The fraction of sp³-hybridized carbons (Fsp3) is 0.625. The van der Waals surface area contributed by atoms with Gasteiger partial charge in [0.25, 0.3) is 0 Å². The van der Waals surface area contributed by atoms with Crippen LogP contribution in [-0.2, 0) is 0 Å². The third kappa shape index (κ3) is 6.44. The van der Waals surface area contributed by atoms with E-state index < -0.39 is 0 Å². The van der Waals surface area contributed by atoms with E-state index in [-0.39, 0.29) is 12.1 Å². The highest BCUT2D eigenvalue weighted by atomic mass is 79.9. The van der Waals surface area contributed by atoms with Gasteiger partial charge in [-0.25, -0.2) is 0 Å². The molecule has 1 aromatic carbocycles. The highest BCUT2D eigenvalue weighted by Crippen LogP contribution is 2.23. The Hall–Kier alpha value is -0.540. The Bertz CT molecular complexity index is 370. The molecule has 1 atom stereocenters. The summed E-state index contributed by atoms with van der Waals surface area (Å²) in [4.78, 5) is 0. The van der Waals surface area contributed by atoms with Crippen molar-refractivity contribution in [3.63, 3.8) is 0 Å². The lowest BCUT2D eigenvalue weighted by Crippen LogP contribution is -2.38. The van der Waals surface area contributed by atoms with E-state index >= 15 is 0 Å². The van der Waals surface area contributed by atoms with Crippen LogP contribution in [0.3, 0.4) is 0 Å². The quantitative estimate of drug-likeness (QED) is 0.627. The van der Waals surface area contributed by atoms with Gasteiger partial charge in [0.2, 0.25) is 0 Å². The van der Waals surface area contributed by atoms with Crippen LogP contribution in [-0.4, -0.2) is 17.3 Å². The molecule has 108 valence electrons. The molecule has 3 heteroatoms. The van der Waals surface area contributed by atoms with Crippen molar-refractivity contribution >= 4 is 21.6 Å². The SMILES string of the molecule is CCCCCCCC(C)(CO)Nc1cccc(Br)c1. The number of aliphatic hydroxyl groups excluding tert-OH is 1. The van der Waals surface area contributed by atoms with Crippen LogP contribution in [0.15, 0.2) is 28.7 Å². The molecule has 0 fully saturated rings. The van der Waals surface area contributed by atoms with Crippen LogP contribution in [0, 0.1) is 0 Å². The van der Waals surface area contributed by atoms with E-state index in [1.807, 2.05) is 24.3 Å². The molecule has 0 saturated heterocycles. The Labute approximate surface area is 125 Å². The van der Waals surface area contributed by atoms with Crippen molar-refractivity contribution in [1.29, 1.82) is 0 Å². The molecule has 0 radical (unpaired) electrons. The third-order valence-electron chi connectivity index (χ3n) is 3.45. The van der Waals surface area contributed by atoms with Crippen LogP contribution in [0.2, 0.25) is 0 Å². The molecule has 0 saturated carbocycles. The van der Waals surface area contributed by atoms with E-state index in [0.29, 0.717) is 0 Å². The van der Waals surface area contributed by atoms with E-state index in [1.54, 1.807) is 0 Å². The van der Waals surface area contributed by atoms with E-state index in [9.17, 15) is 5.11 Å². The number of aliphatic hydroxyl groups is 1. The average Bonchev–Trinajstić information content (AvgIpc) is 2.38. The summed E-state index contributed by atoms with van der Waals surface area (Å²) >= 11 is 3.47. The topological polar surface area (TPSA) is 32.3 Å². The molecule has 0 amide bonds. The maximum atomic E-state index is 9.64. The van der Waals surface area contributed by atoms with Crippen molar-refractivity contribution in [3.05, 3.63) is 28.7 Å². The van der Waals surface area contributed by atoms with Gasteiger partial charge in [-0.15, -0.1) is 0 Å². The Morgan fingerprint density at radius 1 is 1.21 bits per heavy atom. The lowest BCUT2D eigenvalue weighted by molar-refractivity contribution is 0.211. The molecular weight excluding hydrogens is 302 g/mol. The lowest BCUT2D eigenvalue weighted by Gasteiger charge is -2.30. The molecule has 2 nitrogen and oxygen atoms in total. The number of hydrogen-bond acceptors (Lipinski definition) is 2. The summed E-state index contributed by atoms with van der Waals surface area (Å²) in [6.07, 6.45) is 7.30. The Morgan fingerprint density at radius 3 is 2.58 bits per heavy atom. The van der Waals surface area contributed by atoms with Crippen molar-refractivity contribution in [3.8, 4) is 0 Å². The molecule has 1 unspecified atom stereocenters. The Balaban J connectivity index is 2.45. The van der Waals surface area contributed by atoms with Gasteiger partial charge in [0.15, 0.2) is 0 Å². The van der Waals surface area contributed by atoms with Crippen molar-refractivity contribution in [2.45, 2.75) is 57.9 Å². The first-order valence-electron chi connectivity index (χ1n) is 7.24. The summed E-state index contributed by atoms with van der Waals surface area (Å²) in [5.74, 6) is 0. The monoisotopic (exact) mass is 327 g/mol. The molecule has 0 heterocycles. The number of unbranched alkanes of at least 4 members (excludes halogenated alkanes) is 4. The first kappa shape index (κ1) is 16.5. The first-order valence-corrected chi connectivity index (χ1v) is 8.03. The summed E-state index contributed by atoms with van der Waals surface area (Å²) in [6.45, 7) is 4.48. The summed E-state index contributed by atoms with van der Waals surface area (Å²) in [7, 11) is 0. The highest BCUT2D eigenvalue weighted by molar-refractivity contribution is 9.10. The van der Waals surface area contributed by atoms with Crippen LogP contribution in [0.1, 0.15) is 52.4 Å². The fourth-order valence-corrected chi connectivity index (χ4v) is 2.61. The largest absolute Gasteiger partial charge is 0.394 e. The van der Waals surface area contributed by atoms with Gasteiger partial charge in [-0.1, -0.05) is 61.0 Å². The fourth-order valence-electron chi connectivity index (χ4n) is 2.21. The maximum absolute atomic E-state index is 9.64. The van der Waals surface area contributed by atoms with Gasteiger partial charge in [-0.2, -0.15) is 0 Å². The van der Waals surface area contributed by atoms with Crippen molar-refractivity contribution in [1.82, 2.24) is 0 Å². The molecule has 1 aromatic rings. The maximum Gasteiger partial charge on any atom is 0.0658 e. The van der Waals surface area contributed by atoms with Gasteiger partial charge in [0, 0.05) is 10.2 Å². The second-order valence-electron chi connectivity index (χ2n) is 5.52. The number of hydrogen-bond donors (Lipinski definition) is 2. The zero-order valence-electron chi connectivity index (χ0n) is 12.1. The number of anilines is 1. The molecule has 0 bridgehead atoms. The van der Waals surface area contributed by atoms with Gasteiger partial charge < -0.3 is 10.4 Å². The summed E-state index contributed by atoms with van der Waals surface area (Å²) < 4.78 is 1.06. The van der Waals surface area contributed by atoms with E-state index in [4.69, 9.17) is 0 Å². The van der Waals surface area contributed by atoms with Gasteiger partial charge in [0.1, 0.15) is 0 Å². The molecule has 0 aliphatic rings. The van der Waals surface area contributed by atoms with E-state index in [1.165, 1.54) is 25.7 Å². The smallest absolute Gasteiger partial charge is 0.0658 e. The zero-order chi connectivity index (χ0) is 14.1. The van der Waals surface area contributed by atoms with E-state index in [0.717, 1.165) is 23.0 Å². The molecule has 19 heavy (non-hydrogen) atoms. The molecule has 2 N–H and O–H groups in total. The lowest BCUT2D eigenvalue weighted by atomic mass is 9.94. The molecule has 0 aromatic heterocycles. The second kappa shape index (κ2) is 8.60. The Kier molecular flexibility index (Phi) is 7.47. The molecule has 1 rings (SSSR count). The van der Waals surface area contributed by atoms with E-state index in [2.05, 4.69) is 35.1 Å². The minimum Gasteiger partial charge on any atom is -0.394 e. The normalized spacial score (nSPS) is 14.1. The summed E-state index contributed by atoms with van der Waals surface area (Å²) in [5, 5.41) is 13.1. The number of nitrogens with one attached hydrogen (secondary N) is 1. The van der Waals surface area contributed by atoms with Crippen molar-refractivity contribution < 1.29 is 5.11 Å². The Morgan fingerprint density at radius 2 is 1.95 bits per heavy atom. The van der Waals surface area contributed by atoms with Gasteiger partial charge in [0.05, 0.1) is 12.1 Å². The molecule has 0 aliphatic heterocycles. The van der Waals surface area contributed by atoms with Gasteiger partial charge in [-0.3, -0.25) is 0 Å². The number of benzene rings is 1. The number of halogens is 1. The minimum atomic E-state index is -0.229. The standard InChI is InChI=1S/C16H26BrNO/c1-3-4-5-6-7-11-16(2,13-19)18-15-10-8-9-14(17)12-15/h8-10,12,18-19H,3-7,11,13H2,1-2H3. The van der Waals surface area contributed by atoms with Crippen LogP contribution >= 0.6 is 15.9 Å². The molecule has 0 spiro atoms. The van der Waals surface area contributed by atoms with Gasteiger partial charge >= 0.3 is 0 Å². The number of rotatable bonds is 9. The predicted molar refractivity (Wildman–Crippen MR) is 86.6 cm³/mol. The van der Waals surface area contributed by atoms with Crippen LogP contribution in [0.4, 0.5) is 5.69 Å². The molecular formula is C16H26BrNO. The highest BCUT2D eigenvalue weighted by Gasteiger charge is 2.22. The second-order valence-corrected chi connectivity index (χ2v) is 6.43. The summed E-state index contributed by atoms with van der Waals surface area (Å²) in [6, 6.07) is 8.10. The average molecular weight is 328 g/mol. The zero-order valence-corrected chi connectivity index (χ0v) is 13.7. The molecule has 0 aliphatic carbocycles. The van der Waals surface area contributed by atoms with Crippen LogP contribution in [0.5, 0.6) is 0 Å². The van der Waals surface area contributed by atoms with Crippen molar-refractivity contribution in [2.75, 3.05) is 11.9 Å². The minimum absolute atomic E-state index is 0.160. The third-order valence-corrected chi connectivity index (χ3v) is 3.95.